The Kier molecular flexibility index (Phi) is 4.88. The molecule has 0 spiro atoms. The maximum atomic E-state index is 13.5. The third-order valence-corrected chi connectivity index (χ3v) is 5.69. The molecule has 0 saturated heterocycles. The van der Waals surface area contributed by atoms with Gasteiger partial charge in [-0.25, -0.2) is 0 Å². The molecule has 4 rings (SSSR count). The molecule has 1 aromatic heterocycles. The van der Waals surface area contributed by atoms with Crippen LogP contribution in [0.4, 0.5) is 5.69 Å². The van der Waals surface area contributed by atoms with E-state index in [1.807, 2.05) is 44.2 Å². The van der Waals surface area contributed by atoms with E-state index in [0.717, 1.165) is 5.69 Å². The topological polar surface area (TPSA) is 53.4 Å². The quantitative estimate of drug-likeness (QED) is 0.610. The summed E-state index contributed by atoms with van der Waals surface area (Å²) < 4.78 is 0. The van der Waals surface area contributed by atoms with Crippen LogP contribution in [0.25, 0.3) is 11.1 Å². The van der Waals surface area contributed by atoms with Crippen LogP contribution in [0.15, 0.2) is 48.5 Å². The third-order valence-electron chi connectivity index (χ3n) is 5.14. The molecule has 1 unspecified atom stereocenters. The number of nitrogens with zero attached hydrogens (tertiary/aromatic N) is 2. The van der Waals surface area contributed by atoms with Crippen molar-refractivity contribution < 1.29 is 9.90 Å². The number of benzene rings is 2. The van der Waals surface area contributed by atoms with Crippen molar-refractivity contribution in [2.45, 2.75) is 26.5 Å². The van der Waals surface area contributed by atoms with Gasteiger partial charge in [-0.1, -0.05) is 47.5 Å². The van der Waals surface area contributed by atoms with E-state index < -0.39 is 0 Å². The van der Waals surface area contributed by atoms with Gasteiger partial charge in [0.2, 0.25) is 0 Å². The molecular formula is C22H18Cl2N2O2. The number of anilines is 1. The van der Waals surface area contributed by atoms with Gasteiger partial charge < -0.3 is 5.11 Å². The summed E-state index contributed by atoms with van der Waals surface area (Å²) in [5.74, 6) is -0.156. The van der Waals surface area contributed by atoms with Gasteiger partial charge in [-0.2, -0.15) is 0 Å². The summed E-state index contributed by atoms with van der Waals surface area (Å²) in [5, 5.41) is 11.0. The van der Waals surface area contributed by atoms with Crippen molar-refractivity contribution in [3.8, 4) is 11.1 Å². The van der Waals surface area contributed by atoms with Crippen LogP contribution in [-0.4, -0.2) is 16.0 Å². The van der Waals surface area contributed by atoms with Gasteiger partial charge in [-0.05, 0) is 38.1 Å². The molecule has 1 atom stereocenters. The molecule has 3 aromatic rings. The Hall–Kier alpha value is -2.40. The van der Waals surface area contributed by atoms with Crippen molar-refractivity contribution in [3.63, 3.8) is 0 Å². The molecule has 0 saturated carbocycles. The summed E-state index contributed by atoms with van der Waals surface area (Å²) in [4.78, 5) is 19.9. The Bertz CT molecular complexity index is 1080. The zero-order valence-electron chi connectivity index (χ0n) is 15.4. The number of rotatable bonds is 3. The predicted octanol–water partition coefficient (Wildman–Crippen LogP) is 5.58. The highest BCUT2D eigenvalue weighted by molar-refractivity contribution is 6.36. The van der Waals surface area contributed by atoms with Gasteiger partial charge in [-0.15, -0.1) is 0 Å². The standard InChI is InChI=1S/C22H18Cl2N2O2/c1-12-17(11-27)19(16-9-8-14(23)10-18(16)24)20-21(25-12)13(2)26(22(20)28)15-6-4-3-5-7-15/h3-10,13,27H,11H2,1-2H3. The van der Waals surface area contributed by atoms with Crippen LogP contribution < -0.4 is 4.90 Å². The van der Waals surface area contributed by atoms with Gasteiger partial charge in [0.05, 0.1) is 23.9 Å². The summed E-state index contributed by atoms with van der Waals surface area (Å²) >= 11 is 12.5. The molecule has 28 heavy (non-hydrogen) atoms. The van der Waals surface area contributed by atoms with Crippen molar-refractivity contribution in [3.05, 3.63) is 81.1 Å². The van der Waals surface area contributed by atoms with Crippen LogP contribution in [0.2, 0.25) is 10.0 Å². The lowest BCUT2D eigenvalue weighted by atomic mass is 9.92. The largest absolute Gasteiger partial charge is 0.392 e. The van der Waals surface area contributed by atoms with E-state index in [2.05, 4.69) is 4.98 Å². The number of amides is 1. The van der Waals surface area contributed by atoms with Crippen molar-refractivity contribution in [1.29, 1.82) is 0 Å². The second-order valence-corrected chi connectivity index (χ2v) is 7.62. The monoisotopic (exact) mass is 412 g/mol. The Morgan fingerprint density at radius 2 is 1.82 bits per heavy atom. The molecule has 1 aliphatic rings. The second kappa shape index (κ2) is 7.21. The molecule has 0 fully saturated rings. The van der Waals surface area contributed by atoms with Crippen molar-refractivity contribution in [2.75, 3.05) is 4.90 Å². The van der Waals surface area contributed by atoms with Gasteiger partial charge >= 0.3 is 0 Å². The number of pyridine rings is 1. The highest BCUT2D eigenvalue weighted by Gasteiger charge is 2.40. The molecule has 1 aliphatic heterocycles. The molecule has 0 bridgehead atoms. The number of aliphatic hydroxyl groups excluding tert-OH is 1. The second-order valence-electron chi connectivity index (χ2n) is 6.78. The van der Waals surface area contributed by atoms with E-state index in [4.69, 9.17) is 23.2 Å². The first-order valence-electron chi connectivity index (χ1n) is 8.92. The average molecular weight is 413 g/mol. The molecular weight excluding hydrogens is 395 g/mol. The van der Waals surface area contributed by atoms with Crippen LogP contribution in [-0.2, 0) is 6.61 Å². The minimum Gasteiger partial charge on any atom is -0.392 e. The normalized spacial score (nSPS) is 15.8. The van der Waals surface area contributed by atoms with Crippen LogP contribution in [0.1, 0.15) is 40.3 Å². The molecule has 142 valence electrons. The van der Waals surface area contributed by atoms with Crippen molar-refractivity contribution in [1.82, 2.24) is 4.98 Å². The number of aryl methyl sites for hydroxylation is 1. The highest BCUT2D eigenvalue weighted by atomic mass is 35.5. The lowest BCUT2D eigenvalue weighted by molar-refractivity contribution is 0.0993. The van der Waals surface area contributed by atoms with Crippen molar-refractivity contribution >= 4 is 34.8 Å². The smallest absolute Gasteiger partial charge is 0.261 e. The first kappa shape index (κ1) is 18.9. The van der Waals surface area contributed by atoms with Gasteiger partial charge in [-0.3, -0.25) is 14.7 Å². The fourth-order valence-corrected chi connectivity index (χ4v) is 4.32. The average Bonchev–Trinajstić information content (AvgIpc) is 2.92. The van der Waals surface area contributed by atoms with Gasteiger partial charge in [0.1, 0.15) is 0 Å². The lowest BCUT2D eigenvalue weighted by Gasteiger charge is -2.21. The third kappa shape index (κ3) is 2.89. The van der Waals surface area contributed by atoms with E-state index in [1.165, 1.54) is 0 Å². The summed E-state index contributed by atoms with van der Waals surface area (Å²) in [6, 6.07) is 14.4. The SMILES string of the molecule is Cc1nc2c(c(-c3ccc(Cl)cc3Cl)c1CO)C(=O)N(c1ccccc1)C2C. The van der Waals surface area contributed by atoms with Crippen LogP contribution >= 0.6 is 23.2 Å². The fourth-order valence-electron chi connectivity index (χ4n) is 3.81. The number of hydrogen-bond acceptors (Lipinski definition) is 3. The minimum atomic E-state index is -0.243. The predicted molar refractivity (Wildman–Crippen MR) is 112 cm³/mol. The minimum absolute atomic E-state index is 0.156. The van der Waals surface area contributed by atoms with Gasteiger partial charge in [0.15, 0.2) is 0 Å². The molecule has 2 aromatic carbocycles. The first-order chi connectivity index (χ1) is 13.4. The highest BCUT2D eigenvalue weighted by Crippen LogP contribution is 2.44. The van der Waals surface area contributed by atoms with Gasteiger partial charge in [0, 0.05) is 38.1 Å². The molecule has 0 aliphatic carbocycles. The van der Waals surface area contributed by atoms with Crippen LogP contribution in [0.3, 0.4) is 0 Å². The Morgan fingerprint density at radius 1 is 1.11 bits per heavy atom. The molecule has 1 amide bonds. The number of aromatic nitrogens is 1. The number of aliphatic hydroxyl groups is 1. The Morgan fingerprint density at radius 3 is 2.46 bits per heavy atom. The van der Waals surface area contributed by atoms with E-state index in [0.29, 0.717) is 43.7 Å². The zero-order chi connectivity index (χ0) is 20.0. The Labute approximate surface area is 173 Å². The van der Waals surface area contributed by atoms with Crippen LogP contribution in [0, 0.1) is 6.92 Å². The molecule has 6 heteroatoms. The summed E-state index contributed by atoms with van der Waals surface area (Å²) in [6.07, 6.45) is 0. The number of carbonyl (C=O) groups is 1. The Balaban J connectivity index is 2.00. The maximum Gasteiger partial charge on any atom is 0.261 e. The van der Waals surface area contributed by atoms with E-state index in [1.54, 1.807) is 23.1 Å². The number of halogens is 2. The van der Waals surface area contributed by atoms with Crippen LogP contribution in [0.5, 0.6) is 0 Å². The molecule has 1 N–H and O–H groups in total. The number of carbonyl (C=O) groups excluding carboxylic acids is 1. The van der Waals surface area contributed by atoms with E-state index in [9.17, 15) is 9.90 Å². The number of para-hydroxylation sites is 1. The lowest BCUT2D eigenvalue weighted by Crippen LogP contribution is -2.26. The fraction of sp³-hybridized carbons (Fsp3) is 0.182. The maximum absolute atomic E-state index is 13.5. The number of fused-ring (bicyclic) bond motifs is 1. The molecule has 4 nitrogen and oxygen atoms in total. The van der Waals surface area contributed by atoms with Gasteiger partial charge in [0.25, 0.3) is 5.91 Å². The van der Waals surface area contributed by atoms with Crippen molar-refractivity contribution in [2.24, 2.45) is 0 Å². The zero-order valence-corrected chi connectivity index (χ0v) is 16.9. The summed E-state index contributed by atoms with van der Waals surface area (Å²) in [7, 11) is 0. The first-order valence-corrected chi connectivity index (χ1v) is 9.68. The summed E-state index contributed by atoms with van der Waals surface area (Å²) in [5.41, 5.74) is 4.53. The van der Waals surface area contributed by atoms with E-state index in [-0.39, 0.29) is 18.6 Å². The number of hydrogen-bond donors (Lipinski definition) is 1. The van der Waals surface area contributed by atoms with E-state index >= 15 is 0 Å². The molecule has 0 radical (unpaired) electrons. The molecule has 2 heterocycles. The summed E-state index contributed by atoms with van der Waals surface area (Å²) in [6.45, 7) is 3.55.